The fourth-order valence-electron chi connectivity index (χ4n) is 1.97. The van der Waals surface area contributed by atoms with E-state index in [0.717, 1.165) is 17.0 Å². The van der Waals surface area contributed by atoms with E-state index in [2.05, 4.69) is 26.0 Å². The molecule has 1 atom stereocenters. The van der Waals surface area contributed by atoms with E-state index in [4.69, 9.17) is 16.6 Å². The second kappa shape index (κ2) is 4.79. The van der Waals surface area contributed by atoms with E-state index in [1.54, 1.807) is 6.26 Å². The largest absolute Gasteiger partial charge is 0.468 e. The van der Waals surface area contributed by atoms with Crippen molar-refractivity contribution in [3.05, 3.63) is 48.0 Å². The zero-order valence-corrected chi connectivity index (χ0v) is 10.5. The van der Waals surface area contributed by atoms with E-state index >= 15 is 0 Å². The molecule has 0 N–H and O–H groups in total. The lowest BCUT2D eigenvalue weighted by Crippen LogP contribution is -2.09. The second-order valence-electron chi connectivity index (χ2n) is 4.53. The van der Waals surface area contributed by atoms with E-state index in [1.165, 1.54) is 5.56 Å². The molecule has 0 fully saturated rings. The van der Waals surface area contributed by atoms with Crippen LogP contribution in [0.15, 0.2) is 41.1 Å². The van der Waals surface area contributed by atoms with Crippen molar-refractivity contribution >= 4 is 17.1 Å². The molecule has 0 aromatic carbocycles. The van der Waals surface area contributed by atoms with Gasteiger partial charge in [0.15, 0.2) is 0 Å². The van der Waals surface area contributed by atoms with Crippen LogP contribution in [0.1, 0.15) is 31.1 Å². The third kappa shape index (κ3) is 2.33. The minimum absolute atomic E-state index is 0.142. The molecule has 84 valence electrons. The number of thiocarbonyl (C=S) groups is 1. The molecule has 2 heteroatoms. The maximum atomic E-state index is 5.60. The molecule has 0 radical (unpaired) electrons. The van der Waals surface area contributed by atoms with Crippen LogP contribution < -0.4 is 0 Å². The van der Waals surface area contributed by atoms with Gasteiger partial charge in [0.2, 0.25) is 0 Å². The van der Waals surface area contributed by atoms with Crippen molar-refractivity contribution in [2.75, 3.05) is 0 Å². The smallest absolute Gasteiger partial charge is 0.119 e. The van der Waals surface area contributed by atoms with Crippen LogP contribution in [-0.2, 0) is 6.42 Å². The molecule has 0 spiro atoms. The lowest BCUT2D eigenvalue weighted by molar-refractivity contribution is 0.505. The van der Waals surface area contributed by atoms with Crippen LogP contribution in [0.2, 0.25) is 0 Å². The van der Waals surface area contributed by atoms with Crippen molar-refractivity contribution in [2.45, 2.75) is 26.2 Å². The Hall–Kier alpha value is -1.15. The minimum Gasteiger partial charge on any atom is -0.468 e. The highest BCUT2D eigenvalue weighted by molar-refractivity contribution is 7.80. The SMILES string of the molecule is CC(C)Cc1ccoc1C1C=CC=CC1=S. The maximum absolute atomic E-state index is 5.60. The van der Waals surface area contributed by atoms with E-state index in [-0.39, 0.29) is 5.92 Å². The summed E-state index contributed by atoms with van der Waals surface area (Å²) < 4.78 is 5.60. The second-order valence-corrected chi connectivity index (χ2v) is 5.00. The van der Waals surface area contributed by atoms with Crippen LogP contribution in [0.5, 0.6) is 0 Å². The Bertz CT molecular complexity index is 437. The molecule has 0 saturated carbocycles. The lowest BCUT2D eigenvalue weighted by Gasteiger charge is -2.14. The molecular weight excluding hydrogens is 216 g/mol. The average Bonchev–Trinajstić information content (AvgIpc) is 2.66. The van der Waals surface area contributed by atoms with Crippen LogP contribution >= 0.6 is 12.2 Å². The van der Waals surface area contributed by atoms with Crippen LogP contribution in [0.3, 0.4) is 0 Å². The van der Waals surface area contributed by atoms with Gasteiger partial charge < -0.3 is 4.42 Å². The number of hydrogen-bond donors (Lipinski definition) is 0. The first-order chi connectivity index (χ1) is 7.68. The third-order valence-corrected chi connectivity index (χ3v) is 3.06. The first-order valence-electron chi connectivity index (χ1n) is 5.63. The van der Waals surface area contributed by atoms with E-state index in [0.29, 0.717) is 5.92 Å². The van der Waals surface area contributed by atoms with Gasteiger partial charge in [-0.2, -0.15) is 0 Å². The molecule has 1 aliphatic rings. The van der Waals surface area contributed by atoms with Gasteiger partial charge in [-0.05, 0) is 30.0 Å². The predicted molar refractivity (Wildman–Crippen MR) is 70.9 cm³/mol. The summed E-state index contributed by atoms with van der Waals surface area (Å²) in [6.45, 7) is 4.43. The van der Waals surface area contributed by atoms with Crippen molar-refractivity contribution in [1.82, 2.24) is 0 Å². The lowest BCUT2D eigenvalue weighted by atomic mass is 9.92. The first kappa shape index (κ1) is 11.3. The standard InChI is InChI=1S/C14H16OS/c1-10(2)9-11-7-8-15-14(11)12-5-3-4-6-13(12)16/h3-8,10,12H,9H2,1-2H3. The van der Waals surface area contributed by atoms with Crippen molar-refractivity contribution in [3.8, 4) is 0 Å². The first-order valence-corrected chi connectivity index (χ1v) is 6.04. The Morgan fingerprint density at radius 2 is 2.19 bits per heavy atom. The van der Waals surface area contributed by atoms with E-state index in [9.17, 15) is 0 Å². The molecule has 16 heavy (non-hydrogen) atoms. The summed E-state index contributed by atoms with van der Waals surface area (Å²) in [6, 6.07) is 2.06. The van der Waals surface area contributed by atoms with Crippen LogP contribution in [0.25, 0.3) is 0 Å². The molecule has 1 nitrogen and oxygen atoms in total. The zero-order valence-electron chi connectivity index (χ0n) is 9.64. The Labute approximate surface area is 102 Å². The van der Waals surface area contributed by atoms with Gasteiger partial charge in [0.1, 0.15) is 5.76 Å². The minimum atomic E-state index is 0.142. The predicted octanol–water partition coefficient (Wildman–Crippen LogP) is 4.06. The van der Waals surface area contributed by atoms with E-state index in [1.807, 2.05) is 18.2 Å². The van der Waals surface area contributed by atoms with Crippen LogP contribution in [0, 0.1) is 5.92 Å². The molecule has 1 aromatic rings. The molecule has 0 saturated heterocycles. The Morgan fingerprint density at radius 1 is 1.38 bits per heavy atom. The van der Waals surface area contributed by atoms with Gasteiger partial charge in [-0.1, -0.05) is 44.3 Å². The van der Waals surface area contributed by atoms with Gasteiger partial charge in [0.05, 0.1) is 12.2 Å². The third-order valence-electron chi connectivity index (χ3n) is 2.67. The van der Waals surface area contributed by atoms with Crippen LogP contribution in [0.4, 0.5) is 0 Å². The number of rotatable bonds is 3. The fourth-order valence-corrected chi connectivity index (χ4v) is 2.23. The molecule has 0 aliphatic heterocycles. The van der Waals surface area contributed by atoms with Gasteiger partial charge in [-0.3, -0.25) is 0 Å². The summed E-state index contributed by atoms with van der Waals surface area (Å²) in [4.78, 5) is 0.933. The highest BCUT2D eigenvalue weighted by Crippen LogP contribution is 2.28. The molecule has 1 aromatic heterocycles. The number of hydrogen-bond acceptors (Lipinski definition) is 2. The van der Waals surface area contributed by atoms with Crippen molar-refractivity contribution in [1.29, 1.82) is 0 Å². The quantitative estimate of drug-likeness (QED) is 0.729. The normalized spacial score (nSPS) is 19.7. The summed E-state index contributed by atoms with van der Waals surface area (Å²) in [6.07, 6.45) is 10.9. The van der Waals surface area contributed by atoms with Gasteiger partial charge >= 0.3 is 0 Å². The highest BCUT2D eigenvalue weighted by Gasteiger charge is 2.20. The maximum Gasteiger partial charge on any atom is 0.119 e. The zero-order chi connectivity index (χ0) is 11.5. The molecule has 0 amide bonds. The molecule has 1 aliphatic carbocycles. The van der Waals surface area contributed by atoms with Crippen molar-refractivity contribution in [2.24, 2.45) is 5.92 Å². The topological polar surface area (TPSA) is 13.1 Å². The fraction of sp³-hybridized carbons (Fsp3) is 0.357. The van der Waals surface area contributed by atoms with Crippen LogP contribution in [-0.4, -0.2) is 4.86 Å². The molecular formula is C14H16OS. The Kier molecular flexibility index (Phi) is 3.39. The Balaban J connectivity index is 2.26. The summed E-state index contributed by atoms with van der Waals surface area (Å²) in [7, 11) is 0. The Morgan fingerprint density at radius 3 is 2.88 bits per heavy atom. The summed E-state index contributed by atoms with van der Waals surface area (Å²) >= 11 is 5.35. The molecule has 2 rings (SSSR count). The van der Waals surface area contributed by atoms with E-state index < -0.39 is 0 Å². The van der Waals surface area contributed by atoms with Crippen molar-refractivity contribution < 1.29 is 4.42 Å². The highest BCUT2D eigenvalue weighted by atomic mass is 32.1. The van der Waals surface area contributed by atoms with Gasteiger partial charge in [0, 0.05) is 4.86 Å². The van der Waals surface area contributed by atoms with Gasteiger partial charge in [-0.25, -0.2) is 0 Å². The number of furan rings is 1. The van der Waals surface area contributed by atoms with Gasteiger partial charge in [-0.15, -0.1) is 0 Å². The summed E-state index contributed by atoms with van der Waals surface area (Å²) in [5.41, 5.74) is 1.28. The summed E-state index contributed by atoms with van der Waals surface area (Å²) in [5, 5.41) is 0. The summed E-state index contributed by atoms with van der Waals surface area (Å²) in [5.74, 6) is 1.79. The van der Waals surface area contributed by atoms with Crippen molar-refractivity contribution in [3.63, 3.8) is 0 Å². The monoisotopic (exact) mass is 232 g/mol. The molecule has 1 heterocycles. The van der Waals surface area contributed by atoms with Gasteiger partial charge in [0.25, 0.3) is 0 Å². The molecule has 1 unspecified atom stereocenters. The number of allylic oxidation sites excluding steroid dienone is 4. The molecule has 0 bridgehead atoms. The average molecular weight is 232 g/mol.